The Morgan fingerprint density at radius 1 is 0.950 bits per heavy atom. The Morgan fingerprint density at radius 2 is 1.70 bits per heavy atom. The Bertz CT molecular complexity index is 646. The molecule has 1 atom stereocenters. The molecule has 1 unspecified atom stereocenters. The zero-order valence-electron chi connectivity index (χ0n) is 10.6. The summed E-state index contributed by atoms with van der Waals surface area (Å²) in [6.45, 7) is 1.17. The van der Waals surface area contributed by atoms with Gasteiger partial charge in [-0.25, -0.2) is 0 Å². The van der Waals surface area contributed by atoms with Crippen LogP contribution in [0.25, 0.3) is 0 Å². The standard InChI is InChI=1S/C15H13Br2NO2/c16-10-2-3-12(17)11(8-10)15(18)9-1-4-13-14(7-9)20-6-5-19-13/h1-4,7-8,15H,5-6,18H2. The van der Waals surface area contributed by atoms with Crippen LogP contribution in [0.3, 0.4) is 0 Å². The SMILES string of the molecule is NC(c1ccc2c(c1)OCCO2)c1cc(Br)ccc1Br. The van der Waals surface area contributed by atoms with Crippen molar-refractivity contribution in [1.82, 2.24) is 0 Å². The third kappa shape index (κ3) is 2.71. The average molecular weight is 399 g/mol. The van der Waals surface area contributed by atoms with Crippen LogP contribution in [0.15, 0.2) is 45.3 Å². The first-order chi connectivity index (χ1) is 9.65. The Labute approximate surface area is 134 Å². The quantitative estimate of drug-likeness (QED) is 0.830. The fraction of sp³-hybridized carbons (Fsp3) is 0.200. The van der Waals surface area contributed by atoms with Crippen molar-refractivity contribution in [2.24, 2.45) is 5.73 Å². The number of hydrogen-bond donors (Lipinski definition) is 1. The molecule has 20 heavy (non-hydrogen) atoms. The summed E-state index contributed by atoms with van der Waals surface area (Å²) in [4.78, 5) is 0. The minimum Gasteiger partial charge on any atom is -0.486 e. The molecular formula is C15H13Br2NO2. The fourth-order valence-corrected chi connectivity index (χ4v) is 3.06. The summed E-state index contributed by atoms with van der Waals surface area (Å²) in [5, 5.41) is 0. The molecule has 0 spiro atoms. The van der Waals surface area contributed by atoms with E-state index in [1.165, 1.54) is 0 Å². The summed E-state index contributed by atoms with van der Waals surface area (Å²) >= 11 is 7.02. The molecule has 3 rings (SSSR count). The molecule has 1 aliphatic heterocycles. The van der Waals surface area contributed by atoms with Gasteiger partial charge in [-0.1, -0.05) is 37.9 Å². The van der Waals surface area contributed by atoms with Gasteiger partial charge in [0.2, 0.25) is 0 Å². The minimum atomic E-state index is -0.224. The number of halogens is 2. The number of fused-ring (bicyclic) bond motifs is 1. The van der Waals surface area contributed by atoms with E-state index in [-0.39, 0.29) is 6.04 Å². The van der Waals surface area contributed by atoms with Gasteiger partial charge in [0, 0.05) is 8.95 Å². The topological polar surface area (TPSA) is 44.5 Å². The van der Waals surface area contributed by atoms with Crippen molar-refractivity contribution in [3.8, 4) is 11.5 Å². The van der Waals surface area contributed by atoms with Crippen molar-refractivity contribution in [1.29, 1.82) is 0 Å². The molecule has 0 saturated carbocycles. The van der Waals surface area contributed by atoms with Crippen LogP contribution in [0, 0.1) is 0 Å². The van der Waals surface area contributed by atoms with Gasteiger partial charge in [0.1, 0.15) is 13.2 Å². The highest BCUT2D eigenvalue weighted by Gasteiger charge is 2.17. The predicted octanol–water partition coefficient (Wildman–Crippen LogP) is 4.03. The molecule has 0 aromatic heterocycles. The lowest BCUT2D eigenvalue weighted by molar-refractivity contribution is 0.171. The molecule has 2 N–H and O–H groups in total. The Kier molecular flexibility index (Phi) is 4.01. The predicted molar refractivity (Wildman–Crippen MR) is 85.3 cm³/mol. The van der Waals surface area contributed by atoms with E-state index < -0.39 is 0 Å². The Balaban J connectivity index is 1.97. The molecule has 3 nitrogen and oxygen atoms in total. The van der Waals surface area contributed by atoms with Crippen LogP contribution in [0.1, 0.15) is 17.2 Å². The van der Waals surface area contributed by atoms with Gasteiger partial charge in [-0.05, 0) is 41.5 Å². The lowest BCUT2D eigenvalue weighted by Gasteiger charge is -2.21. The van der Waals surface area contributed by atoms with Gasteiger partial charge < -0.3 is 15.2 Å². The van der Waals surface area contributed by atoms with E-state index in [0.29, 0.717) is 13.2 Å². The van der Waals surface area contributed by atoms with Crippen LogP contribution in [0.5, 0.6) is 11.5 Å². The van der Waals surface area contributed by atoms with Crippen LogP contribution in [-0.2, 0) is 0 Å². The highest BCUT2D eigenvalue weighted by Crippen LogP contribution is 2.35. The molecular weight excluding hydrogens is 386 g/mol. The van der Waals surface area contributed by atoms with E-state index in [2.05, 4.69) is 31.9 Å². The van der Waals surface area contributed by atoms with E-state index in [1.807, 2.05) is 36.4 Å². The van der Waals surface area contributed by atoms with Crippen molar-refractivity contribution >= 4 is 31.9 Å². The second kappa shape index (κ2) is 5.76. The number of hydrogen-bond acceptors (Lipinski definition) is 3. The van der Waals surface area contributed by atoms with Gasteiger partial charge >= 0.3 is 0 Å². The molecule has 0 fully saturated rings. The van der Waals surface area contributed by atoms with Crippen LogP contribution in [0.2, 0.25) is 0 Å². The summed E-state index contributed by atoms with van der Waals surface area (Å²) in [7, 11) is 0. The third-order valence-corrected chi connectivity index (χ3v) is 4.43. The summed E-state index contributed by atoms with van der Waals surface area (Å²) in [5.41, 5.74) is 8.39. The van der Waals surface area contributed by atoms with Crippen molar-refractivity contribution in [3.63, 3.8) is 0 Å². The number of benzene rings is 2. The van der Waals surface area contributed by atoms with Crippen LogP contribution in [-0.4, -0.2) is 13.2 Å². The molecule has 104 valence electrons. The lowest BCUT2D eigenvalue weighted by Crippen LogP contribution is -2.17. The molecule has 0 saturated heterocycles. The van der Waals surface area contributed by atoms with Crippen molar-refractivity contribution in [2.75, 3.05) is 13.2 Å². The first kappa shape index (κ1) is 13.9. The lowest BCUT2D eigenvalue weighted by atomic mass is 9.99. The summed E-state index contributed by atoms with van der Waals surface area (Å²) < 4.78 is 13.1. The van der Waals surface area contributed by atoms with Crippen molar-refractivity contribution in [3.05, 3.63) is 56.5 Å². The van der Waals surface area contributed by atoms with E-state index in [1.54, 1.807) is 0 Å². The van der Waals surface area contributed by atoms with Crippen LogP contribution in [0.4, 0.5) is 0 Å². The largest absolute Gasteiger partial charge is 0.486 e. The van der Waals surface area contributed by atoms with E-state index in [0.717, 1.165) is 31.6 Å². The second-order valence-corrected chi connectivity index (χ2v) is 6.32. The minimum absolute atomic E-state index is 0.224. The molecule has 0 amide bonds. The molecule has 1 heterocycles. The first-order valence-electron chi connectivity index (χ1n) is 6.25. The maximum atomic E-state index is 6.37. The third-order valence-electron chi connectivity index (χ3n) is 3.22. The summed E-state index contributed by atoms with van der Waals surface area (Å²) in [6, 6.07) is 11.6. The number of rotatable bonds is 2. The Hall–Kier alpha value is -1.04. The second-order valence-electron chi connectivity index (χ2n) is 4.55. The van der Waals surface area contributed by atoms with E-state index in [4.69, 9.17) is 15.2 Å². The van der Waals surface area contributed by atoms with E-state index in [9.17, 15) is 0 Å². The van der Waals surface area contributed by atoms with Gasteiger partial charge in [0.15, 0.2) is 11.5 Å². The summed E-state index contributed by atoms with van der Waals surface area (Å²) in [6.07, 6.45) is 0. The average Bonchev–Trinajstić information content (AvgIpc) is 2.48. The summed E-state index contributed by atoms with van der Waals surface area (Å²) in [5.74, 6) is 1.54. The van der Waals surface area contributed by atoms with Crippen LogP contribution < -0.4 is 15.2 Å². The molecule has 5 heteroatoms. The molecule has 2 aromatic rings. The van der Waals surface area contributed by atoms with Crippen molar-refractivity contribution < 1.29 is 9.47 Å². The molecule has 0 bridgehead atoms. The maximum Gasteiger partial charge on any atom is 0.161 e. The highest BCUT2D eigenvalue weighted by molar-refractivity contribution is 9.11. The zero-order valence-corrected chi connectivity index (χ0v) is 13.8. The smallest absolute Gasteiger partial charge is 0.161 e. The van der Waals surface area contributed by atoms with Crippen LogP contribution >= 0.6 is 31.9 Å². The maximum absolute atomic E-state index is 6.37. The molecule has 0 aliphatic carbocycles. The number of nitrogens with two attached hydrogens (primary N) is 1. The molecule has 2 aromatic carbocycles. The first-order valence-corrected chi connectivity index (χ1v) is 7.84. The Morgan fingerprint density at radius 3 is 2.50 bits per heavy atom. The number of ether oxygens (including phenoxy) is 2. The van der Waals surface area contributed by atoms with Gasteiger partial charge in [0.25, 0.3) is 0 Å². The molecule has 0 radical (unpaired) electrons. The normalized spacial score (nSPS) is 14.9. The molecule has 1 aliphatic rings. The van der Waals surface area contributed by atoms with E-state index >= 15 is 0 Å². The zero-order chi connectivity index (χ0) is 14.1. The monoisotopic (exact) mass is 397 g/mol. The van der Waals surface area contributed by atoms with Gasteiger partial charge in [-0.2, -0.15) is 0 Å². The van der Waals surface area contributed by atoms with Crippen molar-refractivity contribution in [2.45, 2.75) is 6.04 Å². The van der Waals surface area contributed by atoms with Gasteiger partial charge in [0.05, 0.1) is 6.04 Å². The van der Waals surface area contributed by atoms with Gasteiger partial charge in [-0.15, -0.1) is 0 Å². The highest BCUT2D eigenvalue weighted by atomic mass is 79.9. The van der Waals surface area contributed by atoms with Gasteiger partial charge in [-0.3, -0.25) is 0 Å². The fourth-order valence-electron chi connectivity index (χ4n) is 2.19.